The fourth-order valence-corrected chi connectivity index (χ4v) is 15.1. The van der Waals surface area contributed by atoms with Gasteiger partial charge >= 0.3 is 0 Å². The number of aliphatic hydroxyl groups excluding tert-OH is 2. The lowest BCUT2D eigenvalue weighted by molar-refractivity contribution is 0.0903. The molecule has 498 valence electrons. The second-order valence-electron chi connectivity index (χ2n) is 25.2. The summed E-state index contributed by atoms with van der Waals surface area (Å²) in [7, 11) is -3.61. The van der Waals surface area contributed by atoms with Crippen molar-refractivity contribution in [3.63, 3.8) is 0 Å². The molecule has 6 atom stereocenters. The van der Waals surface area contributed by atoms with Crippen LogP contribution >= 0.6 is 34.8 Å². The highest BCUT2D eigenvalue weighted by Crippen LogP contribution is 2.37. The SMILES string of the molecule is C[C@H](NS(=O)(=O)/C=C/c1n[nH]c2c1CCCCCC2Cc1cccc(Cl)c1)c1ccccc1.O=C(N[C@@H](CO)c1ccccc1)c1n[nH]c2c1CCCCC[C@@H]2Cc1cccc(Cl)c1.O=C(N[C@@H](CO)c1ccccc1)c1n[nH]c2c1CCCCC[C@H]2Cc1cccc(Cl)c1. The number of halogens is 3. The highest BCUT2D eigenvalue weighted by molar-refractivity contribution is 7.92. The number of aromatic amines is 3. The standard InChI is InChI=1S/C26H30ClN3O2S.2C25H28ClN3O2/c1-19(21-10-4-2-5-11-21)30-33(31,32)16-15-25-24-14-7-3-6-12-22(26(24)29-28-25)17-20-9-8-13-23(27)18-20;2*26-20-12-7-8-17(15-20)14-19-11-5-2-6-13-21-23(19)28-29-24(21)25(31)27-22(16-30)18-9-3-1-4-10-18/h2,4-5,8-11,13,15-16,18-19,22,30H,3,6-7,12,14,17H2,1H3,(H,28,29);2*1,3-4,7-10,12,15,19,22,30H,2,5-6,11,13-14,16H2,(H,27,31)(H,28,29)/b16-15+;;/t19-,22?;19-,22+;19-,22-/m010/s1. The van der Waals surface area contributed by atoms with E-state index in [0.717, 1.165) is 175 Å². The number of nitrogens with one attached hydrogen (secondary N) is 6. The molecule has 0 saturated heterocycles. The molecule has 0 bridgehead atoms. The van der Waals surface area contributed by atoms with Gasteiger partial charge in [-0.1, -0.05) is 201 Å². The number of H-pyrrole nitrogens is 3. The molecule has 0 radical (unpaired) electrons. The van der Waals surface area contributed by atoms with Crippen molar-refractivity contribution in [3.8, 4) is 0 Å². The Balaban J connectivity index is 0.000000155. The van der Waals surface area contributed by atoms with Crippen LogP contribution in [-0.4, -0.2) is 74.3 Å². The molecule has 3 aliphatic rings. The van der Waals surface area contributed by atoms with Gasteiger partial charge < -0.3 is 20.8 Å². The number of nitrogens with zero attached hydrogens (tertiary/aromatic N) is 3. The summed E-state index contributed by atoms with van der Waals surface area (Å²) in [5.41, 5.74) is 14.2. The Morgan fingerprint density at radius 2 is 0.863 bits per heavy atom. The van der Waals surface area contributed by atoms with Crippen LogP contribution in [0.4, 0.5) is 0 Å². The van der Waals surface area contributed by atoms with Crippen LogP contribution in [0.15, 0.2) is 169 Å². The van der Waals surface area contributed by atoms with Gasteiger partial charge in [0.15, 0.2) is 11.4 Å². The topological polar surface area (TPSA) is 231 Å². The molecule has 0 aliphatic heterocycles. The number of hydrogen-bond acceptors (Lipinski definition) is 9. The van der Waals surface area contributed by atoms with Crippen LogP contribution in [0, 0.1) is 0 Å². The lowest BCUT2D eigenvalue weighted by atomic mass is 9.85. The van der Waals surface area contributed by atoms with Crippen molar-refractivity contribution in [2.24, 2.45) is 0 Å². The summed E-state index contributed by atoms with van der Waals surface area (Å²) in [6, 6.07) is 51.2. The maximum absolute atomic E-state index is 13.1. The molecular weight excluding hydrogens is 1270 g/mol. The van der Waals surface area contributed by atoms with E-state index in [1.807, 2.05) is 153 Å². The molecule has 8 N–H and O–H groups in total. The number of amides is 2. The van der Waals surface area contributed by atoms with Gasteiger partial charge in [0.05, 0.1) is 31.0 Å². The number of carbonyl (C=O) groups excluding carboxylic acids is 2. The van der Waals surface area contributed by atoms with Crippen molar-refractivity contribution in [2.75, 3.05) is 13.2 Å². The molecule has 6 aromatic carbocycles. The van der Waals surface area contributed by atoms with E-state index in [1.165, 1.54) is 28.5 Å². The largest absolute Gasteiger partial charge is 0.394 e. The Labute approximate surface area is 573 Å². The lowest BCUT2D eigenvalue weighted by Crippen LogP contribution is -2.31. The number of fused-ring (bicyclic) bond motifs is 3. The smallest absolute Gasteiger partial charge is 0.272 e. The molecule has 0 saturated carbocycles. The van der Waals surface area contributed by atoms with E-state index in [-0.39, 0.29) is 42.9 Å². The van der Waals surface area contributed by atoms with Gasteiger partial charge in [-0.3, -0.25) is 24.9 Å². The summed E-state index contributed by atoms with van der Waals surface area (Å²) in [4.78, 5) is 26.2. The van der Waals surface area contributed by atoms with Crippen LogP contribution in [0.5, 0.6) is 0 Å². The molecule has 2 amide bonds. The number of sulfonamides is 1. The molecule has 15 nitrogen and oxygen atoms in total. The normalized spacial score (nSPS) is 17.5. The van der Waals surface area contributed by atoms with Crippen molar-refractivity contribution < 1.29 is 28.2 Å². The predicted molar refractivity (Wildman–Crippen MR) is 379 cm³/mol. The zero-order valence-electron chi connectivity index (χ0n) is 53.8. The van der Waals surface area contributed by atoms with Gasteiger partial charge in [-0.05, 0) is 160 Å². The Morgan fingerprint density at radius 3 is 1.25 bits per heavy atom. The third kappa shape index (κ3) is 19.7. The van der Waals surface area contributed by atoms with E-state index < -0.39 is 22.1 Å². The van der Waals surface area contributed by atoms with Gasteiger partial charge in [0.1, 0.15) is 0 Å². The van der Waals surface area contributed by atoms with Gasteiger partial charge in [-0.15, -0.1) is 0 Å². The quantitative estimate of drug-likeness (QED) is 0.0384. The first-order valence-corrected chi connectivity index (χ1v) is 36.0. The maximum atomic E-state index is 13.1. The first-order valence-electron chi connectivity index (χ1n) is 33.4. The molecule has 9 aromatic rings. The number of aromatic nitrogens is 6. The van der Waals surface area contributed by atoms with E-state index in [9.17, 15) is 28.2 Å². The van der Waals surface area contributed by atoms with Gasteiger partial charge in [-0.2, -0.15) is 15.3 Å². The van der Waals surface area contributed by atoms with Crippen molar-refractivity contribution >= 4 is 62.7 Å². The van der Waals surface area contributed by atoms with Crippen LogP contribution in [0.3, 0.4) is 0 Å². The van der Waals surface area contributed by atoms with Gasteiger partial charge in [0.2, 0.25) is 10.0 Å². The number of aliphatic hydroxyl groups is 2. The summed E-state index contributed by atoms with van der Waals surface area (Å²) in [5, 5.41) is 52.0. The molecule has 12 rings (SSSR count). The summed E-state index contributed by atoms with van der Waals surface area (Å²) in [6.07, 6.45) is 20.0. The van der Waals surface area contributed by atoms with Gasteiger partial charge in [0, 0.05) is 78.0 Å². The Morgan fingerprint density at radius 1 is 0.495 bits per heavy atom. The Hall–Kier alpha value is -7.67. The molecule has 95 heavy (non-hydrogen) atoms. The molecule has 19 heteroatoms. The molecule has 3 heterocycles. The molecular formula is C76H86Cl3N9O6S. The molecule has 0 spiro atoms. The van der Waals surface area contributed by atoms with Gasteiger partial charge in [0.25, 0.3) is 11.8 Å². The molecule has 1 unspecified atom stereocenters. The van der Waals surface area contributed by atoms with Crippen molar-refractivity contribution in [1.29, 1.82) is 0 Å². The molecule has 3 aliphatic carbocycles. The number of hydrogen-bond donors (Lipinski definition) is 8. The van der Waals surface area contributed by atoms with Crippen LogP contribution < -0.4 is 15.4 Å². The van der Waals surface area contributed by atoms with E-state index in [4.69, 9.17) is 34.8 Å². The predicted octanol–water partition coefficient (Wildman–Crippen LogP) is 16.1. The maximum Gasteiger partial charge on any atom is 0.272 e. The van der Waals surface area contributed by atoms with Crippen LogP contribution in [-0.2, 0) is 48.5 Å². The monoisotopic (exact) mass is 1360 g/mol. The van der Waals surface area contributed by atoms with Crippen LogP contribution in [0.25, 0.3) is 6.08 Å². The average Bonchev–Trinajstić information content (AvgIpc) is 1.72. The van der Waals surface area contributed by atoms with Crippen LogP contribution in [0.2, 0.25) is 15.1 Å². The molecule has 0 fully saturated rings. The third-order valence-corrected chi connectivity index (χ3v) is 20.2. The summed E-state index contributed by atoms with van der Waals surface area (Å²) < 4.78 is 28.1. The second kappa shape index (κ2) is 34.8. The summed E-state index contributed by atoms with van der Waals surface area (Å²) in [6.45, 7) is 1.50. The first kappa shape index (κ1) is 70.1. The summed E-state index contributed by atoms with van der Waals surface area (Å²) in [5.74, 6) is 0.349. The van der Waals surface area contributed by atoms with Gasteiger partial charge in [-0.25, -0.2) is 13.1 Å². The van der Waals surface area contributed by atoms with E-state index in [2.05, 4.69) is 64.1 Å². The fraction of sp³-hybridized carbons (Fsp3) is 0.355. The summed E-state index contributed by atoms with van der Waals surface area (Å²) >= 11 is 18.6. The van der Waals surface area contributed by atoms with Crippen molar-refractivity contribution in [3.05, 3.63) is 269 Å². The zero-order valence-corrected chi connectivity index (χ0v) is 56.8. The van der Waals surface area contributed by atoms with E-state index >= 15 is 0 Å². The second-order valence-corrected chi connectivity index (χ2v) is 28.1. The fourth-order valence-electron chi connectivity index (χ4n) is 13.5. The van der Waals surface area contributed by atoms with Crippen LogP contribution in [0.1, 0.15) is 214 Å². The average molecular weight is 1360 g/mol. The third-order valence-electron chi connectivity index (χ3n) is 18.4. The van der Waals surface area contributed by atoms with E-state index in [1.54, 1.807) is 6.08 Å². The Bertz CT molecular complexity index is 3900. The minimum Gasteiger partial charge on any atom is -0.394 e. The van der Waals surface area contributed by atoms with Crippen molar-refractivity contribution in [2.45, 2.75) is 158 Å². The molecule has 3 aromatic heterocycles. The van der Waals surface area contributed by atoms with Crippen molar-refractivity contribution in [1.82, 2.24) is 45.9 Å². The number of rotatable bonds is 19. The zero-order chi connectivity index (χ0) is 66.5. The highest BCUT2D eigenvalue weighted by Gasteiger charge is 2.30. The number of benzene rings is 6. The van der Waals surface area contributed by atoms with E-state index in [0.29, 0.717) is 23.0 Å². The first-order chi connectivity index (χ1) is 46.2. The highest BCUT2D eigenvalue weighted by atomic mass is 35.5. The lowest BCUT2D eigenvalue weighted by Gasteiger charge is -2.21. The Kier molecular flexibility index (Phi) is 25.7. The minimum atomic E-state index is -3.61. The number of carbonyl (C=O) groups is 2. The minimum absolute atomic E-state index is 0.167.